The van der Waals surface area contributed by atoms with Crippen LogP contribution < -0.4 is 5.56 Å². The maximum absolute atomic E-state index is 14.0. The van der Waals surface area contributed by atoms with Gasteiger partial charge in [-0.05, 0) is 36.5 Å². The first-order valence-corrected chi connectivity index (χ1v) is 14.6. The quantitative estimate of drug-likeness (QED) is 0.188. The van der Waals surface area contributed by atoms with Crippen LogP contribution in [0.5, 0.6) is 0 Å². The minimum atomic E-state index is 0.0423. The van der Waals surface area contributed by atoms with Gasteiger partial charge in [-0.15, -0.1) is 11.3 Å². The zero-order chi connectivity index (χ0) is 23.8. The van der Waals surface area contributed by atoms with Crippen molar-refractivity contribution in [3.63, 3.8) is 0 Å². The van der Waals surface area contributed by atoms with Crippen molar-refractivity contribution < 1.29 is 9.53 Å². The van der Waals surface area contributed by atoms with Gasteiger partial charge in [0.15, 0.2) is 10.9 Å². The lowest BCUT2D eigenvalue weighted by atomic mass is 9.94. The molecule has 0 amide bonds. The van der Waals surface area contributed by atoms with Crippen molar-refractivity contribution in [2.45, 2.75) is 76.3 Å². The van der Waals surface area contributed by atoms with Crippen molar-refractivity contribution in [1.82, 2.24) is 9.55 Å². The molecular weight excluding hydrogens is 532 g/mol. The topological polar surface area (TPSA) is 61.2 Å². The lowest BCUT2D eigenvalue weighted by molar-refractivity contribution is 0.00200. The summed E-state index contributed by atoms with van der Waals surface area (Å²) < 4.78 is 8.94. The van der Waals surface area contributed by atoms with Crippen LogP contribution in [0, 0.1) is 5.92 Å². The first-order valence-electron chi connectivity index (χ1n) is 12.0. The van der Waals surface area contributed by atoms with Gasteiger partial charge >= 0.3 is 0 Å². The normalized spacial score (nSPS) is 19.0. The summed E-state index contributed by atoms with van der Waals surface area (Å²) in [5, 5.41) is 1.46. The van der Waals surface area contributed by atoms with E-state index < -0.39 is 0 Å². The number of rotatable bonds is 6. The highest BCUT2D eigenvalue weighted by Gasteiger charge is 2.30. The number of halogens is 1. The third kappa shape index (κ3) is 4.79. The highest BCUT2D eigenvalue weighted by Crippen LogP contribution is 2.38. The number of fused-ring (bicyclic) bond motifs is 3. The Kier molecular flexibility index (Phi) is 7.30. The fourth-order valence-electron chi connectivity index (χ4n) is 4.96. The number of hydrogen-bond acceptors (Lipinski definition) is 6. The number of Topliss-reactive ketones (excluding diaryl/α,β-unsaturated/α-hetero) is 1. The van der Waals surface area contributed by atoms with Gasteiger partial charge in [-0.25, -0.2) is 4.98 Å². The molecule has 0 spiro atoms. The summed E-state index contributed by atoms with van der Waals surface area (Å²) in [5.74, 6) is 0.701. The van der Waals surface area contributed by atoms with Crippen molar-refractivity contribution >= 4 is 55.0 Å². The summed E-state index contributed by atoms with van der Waals surface area (Å²) in [7, 11) is 0. The van der Waals surface area contributed by atoms with Crippen LogP contribution in [0.3, 0.4) is 0 Å². The average Bonchev–Trinajstić information content (AvgIpc) is 3.21. The van der Waals surface area contributed by atoms with Crippen LogP contribution in [0.15, 0.2) is 38.7 Å². The first kappa shape index (κ1) is 24.2. The zero-order valence-corrected chi connectivity index (χ0v) is 22.7. The van der Waals surface area contributed by atoms with Crippen LogP contribution in [-0.2, 0) is 17.8 Å². The van der Waals surface area contributed by atoms with Crippen LogP contribution in [0.1, 0.15) is 72.8 Å². The number of benzene rings is 1. The summed E-state index contributed by atoms with van der Waals surface area (Å²) in [6, 6.07) is 7.57. The molecule has 1 aliphatic carbocycles. The molecule has 0 unspecified atom stereocenters. The Hall–Kier alpha value is -1.48. The number of carbonyl (C=O) groups is 1. The van der Waals surface area contributed by atoms with E-state index in [1.807, 2.05) is 28.8 Å². The lowest BCUT2D eigenvalue weighted by Crippen LogP contribution is -2.31. The Morgan fingerprint density at radius 1 is 1.24 bits per heavy atom. The minimum Gasteiger partial charge on any atom is -0.372 e. The summed E-state index contributed by atoms with van der Waals surface area (Å²) in [5.41, 5.74) is 1.87. The molecule has 2 aromatic heterocycles. The lowest BCUT2D eigenvalue weighted by Gasteiger charge is -2.27. The van der Waals surface area contributed by atoms with Crippen LogP contribution in [0.2, 0.25) is 0 Å². The number of carbonyl (C=O) groups excluding carboxylic acids is 1. The molecule has 0 N–H and O–H groups in total. The predicted molar refractivity (Wildman–Crippen MR) is 142 cm³/mol. The molecule has 5 nitrogen and oxygen atoms in total. The van der Waals surface area contributed by atoms with Gasteiger partial charge in [0.2, 0.25) is 0 Å². The number of thiophene rings is 1. The fourth-order valence-corrected chi connectivity index (χ4v) is 7.35. The molecular formula is C26H29BrN2O3S2. The van der Waals surface area contributed by atoms with Crippen LogP contribution in [0.4, 0.5) is 0 Å². The molecule has 180 valence electrons. The molecule has 2 aliphatic rings. The summed E-state index contributed by atoms with van der Waals surface area (Å²) >= 11 is 6.39. The Labute approximate surface area is 216 Å². The second-order valence-corrected chi connectivity index (χ2v) is 12.5. The Bertz CT molecular complexity index is 1260. The molecule has 0 bridgehead atoms. The molecule has 1 aliphatic heterocycles. The molecule has 0 radical (unpaired) electrons. The fraction of sp³-hybridized carbons (Fsp3) is 0.500. The molecule has 5 rings (SSSR count). The molecule has 0 saturated heterocycles. The molecule has 1 atom stereocenters. The van der Waals surface area contributed by atoms with E-state index in [1.165, 1.54) is 18.2 Å². The maximum Gasteiger partial charge on any atom is 0.263 e. The summed E-state index contributed by atoms with van der Waals surface area (Å²) in [6.07, 6.45) is 6.35. The highest BCUT2D eigenvalue weighted by atomic mass is 79.9. The van der Waals surface area contributed by atoms with Gasteiger partial charge in [0.05, 0.1) is 23.8 Å². The SMILES string of the molecule is CC(C)[C@@H]1Cc2c(sc3nc(SCC(=O)c4ccc(Br)cc4)n(C4CCCCC4)c(=O)c23)CO1. The van der Waals surface area contributed by atoms with E-state index in [9.17, 15) is 9.59 Å². The van der Waals surface area contributed by atoms with Crippen molar-refractivity contribution in [2.75, 3.05) is 5.75 Å². The maximum atomic E-state index is 14.0. The van der Waals surface area contributed by atoms with Gasteiger partial charge in [-0.1, -0.05) is 72.9 Å². The number of ether oxygens (including phenoxy) is 1. The van der Waals surface area contributed by atoms with Gasteiger partial charge in [0.25, 0.3) is 5.56 Å². The van der Waals surface area contributed by atoms with E-state index in [1.54, 1.807) is 11.3 Å². The van der Waals surface area contributed by atoms with E-state index in [0.717, 1.165) is 57.2 Å². The molecule has 8 heteroatoms. The van der Waals surface area contributed by atoms with E-state index in [4.69, 9.17) is 9.72 Å². The molecule has 1 aromatic carbocycles. The first-order chi connectivity index (χ1) is 16.4. The Balaban J connectivity index is 1.53. The number of ketones is 1. The summed E-state index contributed by atoms with van der Waals surface area (Å²) in [4.78, 5) is 33.8. The van der Waals surface area contributed by atoms with Gasteiger partial charge in [0, 0.05) is 27.4 Å². The Morgan fingerprint density at radius 3 is 2.68 bits per heavy atom. The monoisotopic (exact) mass is 560 g/mol. The number of aromatic nitrogens is 2. The number of thioether (sulfide) groups is 1. The molecule has 1 fully saturated rings. The summed E-state index contributed by atoms with van der Waals surface area (Å²) in [6.45, 7) is 4.88. The standard InChI is InChI=1S/C26H29BrN2O3S2/c1-15(2)21-12-19-22(13-32-21)34-24-23(19)25(31)29(18-6-4-3-5-7-18)26(28-24)33-14-20(30)16-8-10-17(27)11-9-16/h8-11,15,18,21H,3-7,12-14H2,1-2H3/t21-/m0/s1. The molecule has 1 saturated carbocycles. The van der Waals surface area contributed by atoms with Gasteiger partial charge in [-0.2, -0.15) is 0 Å². The predicted octanol–water partition coefficient (Wildman–Crippen LogP) is 6.80. The number of nitrogens with zero attached hydrogens (tertiary/aromatic N) is 2. The van der Waals surface area contributed by atoms with Gasteiger partial charge in [0.1, 0.15) is 4.83 Å². The third-order valence-electron chi connectivity index (χ3n) is 6.92. The minimum absolute atomic E-state index is 0.0423. The highest BCUT2D eigenvalue weighted by molar-refractivity contribution is 9.10. The smallest absolute Gasteiger partial charge is 0.263 e. The number of hydrogen-bond donors (Lipinski definition) is 0. The van der Waals surface area contributed by atoms with E-state index >= 15 is 0 Å². The van der Waals surface area contributed by atoms with E-state index in [0.29, 0.717) is 23.2 Å². The van der Waals surface area contributed by atoms with Gasteiger partial charge in [-0.3, -0.25) is 14.2 Å². The Morgan fingerprint density at radius 2 is 1.97 bits per heavy atom. The van der Waals surface area contributed by atoms with Crippen molar-refractivity contribution in [3.8, 4) is 0 Å². The molecule has 3 heterocycles. The zero-order valence-electron chi connectivity index (χ0n) is 19.5. The van der Waals surface area contributed by atoms with E-state index in [2.05, 4.69) is 29.8 Å². The average molecular weight is 562 g/mol. The van der Waals surface area contributed by atoms with Crippen molar-refractivity contribution in [2.24, 2.45) is 5.92 Å². The second-order valence-electron chi connectivity index (χ2n) is 9.56. The third-order valence-corrected chi connectivity index (χ3v) is 9.50. The van der Waals surface area contributed by atoms with Crippen LogP contribution in [0.25, 0.3) is 10.2 Å². The second kappa shape index (κ2) is 10.2. The van der Waals surface area contributed by atoms with E-state index in [-0.39, 0.29) is 29.2 Å². The van der Waals surface area contributed by atoms with Crippen molar-refractivity contribution in [3.05, 3.63) is 55.1 Å². The van der Waals surface area contributed by atoms with Crippen LogP contribution >= 0.6 is 39.0 Å². The molecule has 34 heavy (non-hydrogen) atoms. The molecule has 3 aromatic rings. The van der Waals surface area contributed by atoms with Gasteiger partial charge < -0.3 is 4.74 Å². The largest absolute Gasteiger partial charge is 0.372 e. The van der Waals surface area contributed by atoms with Crippen molar-refractivity contribution in [1.29, 1.82) is 0 Å². The van der Waals surface area contributed by atoms with Crippen LogP contribution in [-0.4, -0.2) is 27.2 Å².